The number of rotatable bonds is 15. The lowest BCUT2D eigenvalue weighted by molar-refractivity contribution is -0.137. The van der Waals surface area contributed by atoms with Gasteiger partial charge in [0, 0.05) is 6.42 Å². The molecule has 0 aromatic carbocycles. The summed E-state index contributed by atoms with van der Waals surface area (Å²) in [4.78, 5) is 10.3. The third-order valence-electron chi connectivity index (χ3n) is 3.73. The second kappa shape index (κ2) is 19.0. The normalized spacial score (nSPS) is 12.3. The molecule has 0 fully saturated rings. The molecule has 2 N–H and O–H groups in total. The summed E-state index contributed by atoms with van der Waals surface area (Å²) in [6.45, 7) is 2.20. The zero-order valence-corrected chi connectivity index (χ0v) is 13.7. The average molecular weight is 325 g/mol. The van der Waals surface area contributed by atoms with Crippen LogP contribution in [0.2, 0.25) is 0 Å². The lowest BCUT2D eigenvalue weighted by atomic mass is 10.1. The number of carboxylic acids is 1. The molecule has 1 atom stereocenters. The number of carbonyl (C=O) groups is 1. The number of carboxylic acid groups (broad SMARTS) is 1. The number of allylic oxidation sites excluding steroid dienone is 1. The molecular weight excluding hydrogens is 288 g/mol. The molecule has 0 rings (SSSR count). The van der Waals surface area contributed by atoms with Crippen molar-refractivity contribution in [1.29, 1.82) is 0 Å². The van der Waals surface area contributed by atoms with Crippen LogP contribution in [-0.2, 0) is 4.79 Å². The molecule has 0 unspecified atom stereocenters. The van der Waals surface area contributed by atoms with Gasteiger partial charge in [0.1, 0.15) is 0 Å². The van der Waals surface area contributed by atoms with Crippen molar-refractivity contribution in [1.82, 2.24) is 0 Å². The van der Waals surface area contributed by atoms with E-state index in [2.05, 4.69) is 19.1 Å². The van der Waals surface area contributed by atoms with Crippen LogP contribution in [0.5, 0.6) is 0 Å². The Kier molecular flexibility index (Phi) is 20.9. The van der Waals surface area contributed by atoms with Crippen molar-refractivity contribution < 1.29 is 15.0 Å². The first kappa shape index (κ1) is 24.2. The molecular formula is C18H36MgO3. The van der Waals surface area contributed by atoms with Crippen LogP contribution in [0, 0.1) is 0 Å². The van der Waals surface area contributed by atoms with Gasteiger partial charge in [-0.25, -0.2) is 0 Å². The van der Waals surface area contributed by atoms with Gasteiger partial charge in [0.15, 0.2) is 0 Å². The zero-order valence-electron chi connectivity index (χ0n) is 13.7. The van der Waals surface area contributed by atoms with Crippen molar-refractivity contribution in [3.8, 4) is 0 Å². The molecule has 0 aliphatic rings. The number of unbranched alkanes of at least 4 members (excludes halogenated alkanes) is 8. The molecule has 0 bridgehead atoms. The lowest BCUT2D eigenvalue weighted by Crippen LogP contribution is -2.04. The van der Waals surface area contributed by atoms with Crippen molar-refractivity contribution in [2.75, 3.05) is 0 Å². The summed E-state index contributed by atoms with van der Waals surface area (Å²) in [6, 6.07) is 0. The third kappa shape index (κ3) is 19.9. The van der Waals surface area contributed by atoms with E-state index in [-0.39, 0.29) is 29.2 Å². The fourth-order valence-electron chi connectivity index (χ4n) is 2.36. The largest absolute Gasteiger partial charge is 0.481 e. The molecule has 0 aliphatic carbocycles. The van der Waals surface area contributed by atoms with E-state index in [9.17, 15) is 9.90 Å². The molecule has 0 spiro atoms. The SMILES string of the molecule is CCCCCC[C@@H](O)C/C=C\CCCCCCCC(=O)O.[MgH2]. The van der Waals surface area contributed by atoms with Gasteiger partial charge in [-0.15, -0.1) is 0 Å². The standard InChI is InChI=1S/C18H34O3.Mg.2H/c1-2-3-4-11-14-17(19)15-12-9-7-5-6-8-10-13-16-18(20)21;;;/h9,12,17,19H,2-8,10-11,13-16H2,1H3,(H,20,21);;;/b12-9-;;;/t17-;;;/m1.../s1. The first-order valence-electron chi connectivity index (χ1n) is 8.71. The second-order valence-electron chi connectivity index (χ2n) is 5.91. The van der Waals surface area contributed by atoms with E-state index < -0.39 is 5.97 Å². The van der Waals surface area contributed by atoms with Crippen molar-refractivity contribution in [2.45, 2.75) is 96.5 Å². The van der Waals surface area contributed by atoms with Gasteiger partial charge >= 0.3 is 29.0 Å². The Balaban J connectivity index is 0. The minimum absolute atomic E-state index is 0. The minimum atomic E-state index is -0.689. The Hall–Kier alpha value is -0.0638. The summed E-state index contributed by atoms with van der Waals surface area (Å²) in [5.74, 6) is -0.689. The third-order valence-corrected chi connectivity index (χ3v) is 3.73. The van der Waals surface area contributed by atoms with E-state index >= 15 is 0 Å². The van der Waals surface area contributed by atoms with Crippen molar-refractivity contribution in [3.63, 3.8) is 0 Å². The Labute approximate surface area is 152 Å². The molecule has 0 amide bonds. The number of hydrogen-bond donors (Lipinski definition) is 2. The molecule has 0 saturated carbocycles. The van der Waals surface area contributed by atoms with E-state index in [1.165, 1.54) is 25.7 Å². The average Bonchev–Trinajstić information content (AvgIpc) is 2.45. The van der Waals surface area contributed by atoms with Crippen molar-refractivity contribution >= 4 is 29.0 Å². The maximum Gasteiger partial charge on any atom is 0.316 e. The van der Waals surface area contributed by atoms with E-state index in [1.807, 2.05) is 0 Å². The molecule has 4 heteroatoms. The van der Waals surface area contributed by atoms with Gasteiger partial charge in [0.25, 0.3) is 0 Å². The summed E-state index contributed by atoms with van der Waals surface area (Å²) in [5.41, 5.74) is 0. The van der Waals surface area contributed by atoms with E-state index in [0.29, 0.717) is 6.42 Å². The van der Waals surface area contributed by atoms with Crippen molar-refractivity contribution in [3.05, 3.63) is 12.2 Å². The summed E-state index contributed by atoms with van der Waals surface area (Å²) in [7, 11) is 0. The van der Waals surface area contributed by atoms with Gasteiger partial charge in [0.05, 0.1) is 6.10 Å². The first-order chi connectivity index (χ1) is 10.2. The van der Waals surface area contributed by atoms with Gasteiger partial charge in [-0.2, -0.15) is 0 Å². The predicted octanol–water partition coefficient (Wildman–Crippen LogP) is 4.16. The summed E-state index contributed by atoms with van der Waals surface area (Å²) in [6.07, 6.45) is 17.4. The van der Waals surface area contributed by atoms with Crippen LogP contribution in [0.4, 0.5) is 0 Å². The Morgan fingerprint density at radius 2 is 1.59 bits per heavy atom. The fourth-order valence-corrected chi connectivity index (χ4v) is 2.36. The first-order valence-corrected chi connectivity index (χ1v) is 8.71. The summed E-state index contributed by atoms with van der Waals surface area (Å²) in [5, 5.41) is 18.3. The number of aliphatic carboxylic acids is 1. The van der Waals surface area contributed by atoms with Crippen molar-refractivity contribution in [2.24, 2.45) is 0 Å². The lowest BCUT2D eigenvalue weighted by Gasteiger charge is -2.07. The molecule has 0 aromatic heterocycles. The van der Waals surface area contributed by atoms with Gasteiger partial charge in [0.2, 0.25) is 0 Å². The van der Waals surface area contributed by atoms with Crippen LogP contribution >= 0.6 is 0 Å². The van der Waals surface area contributed by atoms with E-state index in [1.54, 1.807) is 0 Å². The predicted molar refractivity (Wildman–Crippen MR) is 97.0 cm³/mol. The molecule has 0 radical (unpaired) electrons. The maximum atomic E-state index is 10.3. The molecule has 3 nitrogen and oxygen atoms in total. The summed E-state index contributed by atoms with van der Waals surface area (Å²) < 4.78 is 0. The van der Waals surface area contributed by atoms with E-state index in [4.69, 9.17) is 5.11 Å². The number of aliphatic hydroxyl groups is 1. The minimum Gasteiger partial charge on any atom is -0.481 e. The van der Waals surface area contributed by atoms with Gasteiger partial charge < -0.3 is 10.2 Å². The fraction of sp³-hybridized carbons (Fsp3) is 0.833. The van der Waals surface area contributed by atoms with Crippen LogP contribution < -0.4 is 0 Å². The quantitative estimate of drug-likeness (QED) is 0.270. The highest BCUT2D eigenvalue weighted by molar-refractivity contribution is 5.75. The van der Waals surface area contributed by atoms with Gasteiger partial charge in [-0.1, -0.05) is 64.0 Å². The van der Waals surface area contributed by atoms with Crippen LogP contribution in [0.3, 0.4) is 0 Å². The van der Waals surface area contributed by atoms with Crippen LogP contribution in [0.25, 0.3) is 0 Å². The molecule has 22 heavy (non-hydrogen) atoms. The van der Waals surface area contributed by atoms with Crippen LogP contribution in [0.1, 0.15) is 90.4 Å². The van der Waals surface area contributed by atoms with Gasteiger partial charge in [-0.05, 0) is 32.1 Å². The Bertz CT molecular complexity index is 267. The highest BCUT2D eigenvalue weighted by atomic mass is 24.3. The molecule has 0 saturated heterocycles. The summed E-state index contributed by atoms with van der Waals surface area (Å²) >= 11 is 0. The number of hydrogen-bond acceptors (Lipinski definition) is 2. The topological polar surface area (TPSA) is 57.5 Å². The van der Waals surface area contributed by atoms with E-state index in [0.717, 1.165) is 51.4 Å². The molecule has 0 aromatic rings. The van der Waals surface area contributed by atoms with Crippen LogP contribution in [0.15, 0.2) is 12.2 Å². The Morgan fingerprint density at radius 1 is 0.955 bits per heavy atom. The molecule has 0 aliphatic heterocycles. The van der Waals surface area contributed by atoms with Crippen LogP contribution in [-0.4, -0.2) is 45.3 Å². The Morgan fingerprint density at radius 3 is 2.27 bits per heavy atom. The second-order valence-corrected chi connectivity index (χ2v) is 5.91. The zero-order chi connectivity index (χ0) is 15.8. The number of aliphatic hydroxyl groups excluding tert-OH is 1. The highest BCUT2D eigenvalue weighted by Crippen LogP contribution is 2.10. The highest BCUT2D eigenvalue weighted by Gasteiger charge is 2.00. The smallest absolute Gasteiger partial charge is 0.316 e. The molecule has 128 valence electrons. The maximum absolute atomic E-state index is 10.3. The molecule has 0 heterocycles. The van der Waals surface area contributed by atoms with Gasteiger partial charge in [-0.3, -0.25) is 4.79 Å². The monoisotopic (exact) mass is 324 g/mol.